The second kappa shape index (κ2) is 5.66. The molecule has 0 fully saturated rings. The van der Waals surface area contributed by atoms with Gasteiger partial charge < -0.3 is 10.5 Å². The van der Waals surface area contributed by atoms with Gasteiger partial charge in [-0.3, -0.25) is 10.1 Å². The highest BCUT2D eigenvalue weighted by atomic mass is 16.6. The van der Waals surface area contributed by atoms with Gasteiger partial charge in [0, 0.05) is 23.9 Å². The lowest BCUT2D eigenvalue weighted by atomic mass is 10.1. The van der Waals surface area contributed by atoms with E-state index in [9.17, 15) is 10.1 Å². The smallest absolute Gasteiger partial charge is 0.311 e. The van der Waals surface area contributed by atoms with Gasteiger partial charge in [0.1, 0.15) is 0 Å². The summed E-state index contributed by atoms with van der Waals surface area (Å²) in [5.74, 6) is 0.440. The largest absolute Gasteiger partial charge is 0.431 e. The van der Waals surface area contributed by atoms with Crippen molar-refractivity contribution in [3.05, 3.63) is 57.8 Å². The minimum Gasteiger partial charge on any atom is -0.431 e. The van der Waals surface area contributed by atoms with Gasteiger partial charge >= 0.3 is 5.69 Å². The maximum absolute atomic E-state index is 11.1. The molecule has 104 valence electrons. The van der Waals surface area contributed by atoms with Crippen LogP contribution in [0, 0.1) is 17.0 Å². The molecule has 0 aliphatic carbocycles. The Balaban J connectivity index is 2.43. The molecule has 6 heteroatoms. The van der Waals surface area contributed by atoms with Gasteiger partial charge in [0.25, 0.3) is 0 Å². The van der Waals surface area contributed by atoms with Crippen LogP contribution in [0.5, 0.6) is 11.6 Å². The molecule has 0 saturated carbocycles. The van der Waals surface area contributed by atoms with Crippen molar-refractivity contribution in [1.82, 2.24) is 4.98 Å². The van der Waals surface area contributed by atoms with E-state index in [0.717, 1.165) is 5.56 Å². The lowest BCUT2D eigenvalue weighted by Gasteiger charge is -2.12. The summed E-state index contributed by atoms with van der Waals surface area (Å²) in [6.45, 7) is 3.58. The monoisotopic (exact) mass is 273 g/mol. The van der Waals surface area contributed by atoms with Gasteiger partial charge in [-0.05, 0) is 31.5 Å². The summed E-state index contributed by atoms with van der Waals surface area (Å²) >= 11 is 0. The standard InChI is InChI=1S/C14H15N3O3/c1-9-5-6-13(12(8-9)17(18)19)20-14-11(10(2)15)4-3-7-16-14/h3-8,10H,15H2,1-2H3/t10-/m0/s1. The summed E-state index contributed by atoms with van der Waals surface area (Å²) in [4.78, 5) is 14.7. The highest BCUT2D eigenvalue weighted by molar-refractivity contribution is 5.50. The lowest BCUT2D eigenvalue weighted by Crippen LogP contribution is -2.07. The molecule has 0 spiro atoms. The Kier molecular flexibility index (Phi) is 3.95. The summed E-state index contributed by atoms with van der Waals surface area (Å²) in [6, 6.07) is 8.03. The molecule has 2 rings (SSSR count). The summed E-state index contributed by atoms with van der Waals surface area (Å²) in [5, 5.41) is 11.1. The van der Waals surface area contributed by atoms with Crippen LogP contribution in [0.25, 0.3) is 0 Å². The Bertz CT molecular complexity index is 641. The van der Waals surface area contributed by atoms with Gasteiger partial charge in [-0.15, -0.1) is 0 Å². The van der Waals surface area contributed by atoms with Crippen LogP contribution in [-0.2, 0) is 0 Å². The topological polar surface area (TPSA) is 91.3 Å². The van der Waals surface area contributed by atoms with E-state index in [1.54, 1.807) is 44.3 Å². The van der Waals surface area contributed by atoms with Gasteiger partial charge in [0.05, 0.1) is 4.92 Å². The zero-order valence-electron chi connectivity index (χ0n) is 11.2. The van der Waals surface area contributed by atoms with Crippen LogP contribution < -0.4 is 10.5 Å². The van der Waals surface area contributed by atoms with Crippen LogP contribution in [-0.4, -0.2) is 9.91 Å². The number of nitro groups is 1. The first kappa shape index (κ1) is 14.0. The van der Waals surface area contributed by atoms with Crippen molar-refractivity contribution in [3.63, 3.8) is 0 Å². The number of aryl methyl sites for hydroxylation is 1. The third-order valence-corrected chi connectivity index (χ3v) is 2.81. The Morgan fingerprint density at radius 2 is 2.15 bits per heavy atom. The van der Waals surface area contributed by atoms with Crippen molar-refractivity contribution in [2.45, 2.75) is 19.9 Å². The van der Waals surface area contributed by atoms with E-state index < -0.39 is 4.92 Å². The molecule has 0 unspecified atom stereocenters. The normalized spacial score (nSPS) is 11.9. The molecule has 0 amide bonds. The predicted molar refractivity (Wildman–Crippen MR) is 74.7 cm³/mol. The van der Waals surface area contributed by atoms with Crippen LogP contribution in [0.2, 0.25) is 0 Å². The van der Waals surface area contributed by atoms with Crippen LogP contribution in [0.1, 0.15) is 24.1 Å². The number of nitro benzene ring substituents is 1. The fourth-order valence-electron chi connectivity index (χ4n) is 1.80. The number of ether oxygens (including phenoxy) is 1. The van der Waals surface area contributed by atoms with Crippen molar-refractivity contribution in [3.8, 4) is 11.6 Å². The minimum absolute atomic E-state index is 0.0914. The number of hydrogen-bond donors (Lipinski definition) is 1. The average Bonchev–Trinajstić information content (AvgIpc) is 2.41. The number of pyridine rings is 1. The number of nitrogens with two attached hydrogens (primary N) is 1. The van der Waals surface area contributed by atoms with E-state index >= 15 is 0 Å². The highest BCUT2D eigenvalue weighted by Crippen LogP contribution is 2.33. The SMILES string of the molecule is Cc1ccc(Oc2ncccc2[C@H](C)N)c([N+](=O)[O-])c1. The van der Waals surface area contributed by atoms with E-state index in [1.165, 1.54) is 6.07 Å². The third kappa shape index (κ3) is 2.92. The van der Waals surface area contributed by atoms with Crippen LogP contribution in [0.3, 0.4) is 0 Å². The molecular weight excluding hydrogens is 258 g/mol. The molecule has 1 aromatic carbocycles. The molecule has 0 saturated heterocycles. The van der Waals surface area contributed by atoms with E-state index in [2.05, 4.69) is 4.98 Å². The maximum atomic E-state index is 11.1. The molecule has 0 bridgehead atoms. The van der Waals surface area contributed by atoms with Gasteiger partial charge in [-0.1, -0.05) is 12.1 Å². The first-order valence-corrected chi connectivity index (χ1v) is 6.12. The van der Waals surface area contributed by atoms with Crippen molar-refractivity contribution < 1.29 is 9.66 Å². The quantitative estimate of drug-likeness (QED) is 0.682. The molecule has 1 atom stereocenters. The first-order chi connectivity index (χ1) is 9.49. The fraction of sp³-hybridized carbons (Fsp3) is 0.214. The molecule has 1 heterocycles. The van der Waals surface area contributed by atoms with E-state index in [4.69, 9.17) is 10.5 Å². The zero-order chi connectivity index (χ0) is 14.7. The third-order valence-electron chi connectivity index (χ3n) is 2.81. The minimum atomic E-state index is -0.475. The van der Waals surface area contributed by atoms with Gasteiger partial charge in [0.2, 0.25) is 11.6 Å². The molecule has 2 N–H and O–H groups in total. The number of hydrogen-bond acceptors (Lipinski definition) is 5. The molecule has 1 aromatic heterocycles. The van der Waals surface area contributed by atoms with Crippen molar-refractivity contribution in [2.75, 3.05) is 0 Å². The number of rotatable bonds is 4. The molecule has 20 heavy (non-hydrogen) atoms. The van der Waals surface area contributed by atoms with Gasteiger partial charge in [-0.2, -0.15) is 0 Å². The van der Waals surface area contributed by atoms with Crippen molar-refractivity contribution >= 4 is 5.69 Å². The molecule has 2 aromatic rings. The predicted octanol–water partition coefficient (Wildman–Crippen LogP) is 3.11. The zero-order valence-corrected chi connectivity index (χ0v) is 11.2. The summed E-state index contributed by atoms with van der Waals surface area (Å²) in [5.41, 5.74) is 7.23. The van der Waals surface area contributed by atoms with E-state index in [-0.39, 0.29) is 23.4 Å². The number of aromatic nitrogens is 1. The van der Waals surface area contributed by atoms with E-state index in [1.807, 2.05) is 0 Å². The summed E-state index contributed by atoms with van der Waals surface area (Å²) in [6.07, 6.45) is 1.56. The number of benzene rings is 1. The fourth-order valence-corrected chi connectivity index (χ4v) is 1.80. The average molecular weight is 273 g/mol. The Labute approximate surface area is 116 Å². The first-order valence-electron chi connectivity index (χ1n) is 6.12. The Morgan fingerprint density at radius 3 is 2.80 bits per heavy atom. The van der Waals surface area contributed by atoms with Crippen LogP contribution in [0.15, 0.2) is 36.5 Å². The van der Waals surface area contributed by atoms with Gasteiger partial charge in [0.15, 0.2) is 0 Å². The molecule has 6 nitrogen and oxygen atoms in total. The highest BCUT2D eigenvalue weighted by Gasteiger charge is 2.18. The van der Waals surface area contributed by atoms with Gasteiger partial charge in [-0.25, -0.2) is 4.98 Å². The second-order valence-corrected chi connectivity index (χ2v) is 4.52. The maximum Gasteiger partial charge on any atom is 0.311 e. The van der Waals surface area contributed by atoms with Crippen molar-refractivity contribution in [2.24, 2.45) is 5.73 Å². The number of nitrogens with zero attached hydrogens (tertiary/aromatic N) is 2. The van der Waals surface area contributed by atoms with Crippen molar-refractivity contribution in [1.29, 1.82) is 0 Å². The molecular formula is C14H15N3O3. The van der Waals surface area contributed by atoms with Crippen LogP contribution in [0.4, 0.5) is 5.69 Å². The van der Waals surface area contributed by atoms with E-state index in [0.29, 0.717) is 5.56 Å². The Morgan fingerprint density at radius 1 is 1.40 bits per heavy atom. The Hall–Kier alpha value is -2.47. The molecule has 0 aliphatic rings. The van der Waals surface area contributed by atoms with Crippen LogP contribution >= 0.6 is 0 Å². The molecule has 0 aliphatic heterocycles. The molecule has 0 radical (unpaired) electrons. The second-order valence-electron chi connectivity index (χ2n) is 4.52. The summed E-state index contributed by atoms with van der Waals surface area (Å²) in [7, 11) is 0. The lowest BCUT2D eigenvalue weighted by molar-refractivity contribution is -0.385. The summed E-state index contributed by atoms with van der Waals surface area (Å²) < 4.78 is 5.59.